The maximum Gasteiger partial charge on any atom is 0.197 e. The Balaban J connectivity index is 3.32. The molecule has 0 bridgehead atoms. The van der Waals surface area contributed by atoms with E-state index in [4.69, 9.17) is 5.73 Å². The molecule has 1 atom stereocenters. The summed E-state index contributed by atoms with van der Waals surface area (Å²) in [4.78, 5) is -0.120. The lowest BCUT2D eigenvalue weighted by Gasteiger charge is -2.08. The largest absolute Gasteiger partial charge is 0.507 e. The lowest BCUT2D eigenvalue weighted by atomic mass is 10.3. The molecule has 0 aliphatic heterocycles. The smallest absolute Gasteiger partial charge is 0.197 e. The number of aromatic hydroxyl groups is 1. The van der Waals surface area contributed by atoms with Gasteiger partial charge in [-0.25, -0.2) is 8.42 Å². The average molecular weight is 201 g/mol. The zero-order chi connectivity index (χ0) is 10.1. The minimum Gasteiger partial charge on any atom is -0.507 e. The van der Waals surface area contributed by atoms with E-state index in [-0.39, 0.29) is 10.6 Å². The van der Waals surface area contributed by atoms with Crippen molar-refractivity contribution in [3.63, 3.8) is 0 Å². The maximum atomic E-state index is 11.5. The van der Waals surface area contributed by atoms with E-state index in [1.54, 1.807) is 6.07 Å². The fraction of sp³-hybridized carbons (Fsp3) is 0.250. The molecule has 0 fully saturated rings. The maximum absolute atomic E-state index is 11.5. The molecule has 0 aromatic heterocycles. The van der Waals surface area contributed by atoms with Gasteiger partial charge in [0.05, 0.1) is 0 Å². The van der Waals surface area contributed by atoms with E-state index in [1.165, 1.54) is 25.1 Å². The number of sulfone groups is 1. The number of hydrogen-bond donors (Lipinski definition) is 2. The summed E-state index contributed by atoms with van der Waals surface area (Å²) in [5, 5.41) is 8.25. The van der Waals surface area contributed by atoms with Crippen LogP contribution in [0.1, 0.15) is 6.92 Å². The molecule has 0 radical (unpaired) electrons. The van der Waals surface area contributed by atoms with Gasteiger partial charge in [0.15, 0.2) is 9.84 Å². The number of hydrogen-bond acceptors (Lipinski definition) is 4. The second-order valence-corrected chi connectivity index (χ2v) is 4.99. The number of para-hydroxylation sites is 1. The molecule has 72 valence electrons. The molecule has 0 aliphatic rings. The monoisotopic (exact) mass is 201 g/mol. The summed E-state index contributed by atoms with van der Waals surface area (Å²) in [6.07, 6.45) is 0. The van der Waals surface area contributed by atoms with Crippen molar-refractivity contribution in [2.24, 2.45) is 5.73 Å². The van der Waals surface area contributed by atoms with Gasteiger partial charge in [-0.2, -0.15) is 0 Å². The summed E-state index contributed by atoms with van der Waals surface area (Å²) in [6.45, 7) is 1.36. The highest BCUT2D eigenvalue weighted by Crippen LogP contribution is 2.23. The Kier molecular flexibility index (Phi) is 2.58. The van der Waals surface area contributed by atoms with Crippen LogP contribution in [0, 0.1) is 0 Å². The first kappa shape index (κ1) is 10.0. The predicted octanol–water partition coefficient (Wildman–Crippen LogP) is 0.471. The molecule has 1 aromatic carbocycles. The molecule has 13 heavy (non-hydrogen) atoms. The summed E-state index contributed by atoms with van der Waals surface area (Å²) in [5.74, 6) is -0.264. The standard InChI is InChI=1S/C8H11NO3S/c1-6(9)13(11,12)8-5-3-2-4-7(8)10/h2-6,10H,9H2,1H3. The van der Waals surface area contributed by atoms with Crippen molar-refractivity contribution in [1.82, 2.24) is 0 Å². The minimum atomic E-state index is -3.58. The van der Waals surface area contributed by atoms with E-state index in [0.717, 1.165) is 0 Å². The highest BCUT2D eigenvalue weighted by Gasteiger charge is 2.22. The highest BCUT2D eigenvalue weighted by atomic mass is 32.2. The third kappa shape index (κ3) is 1.81. The quantitative estimate of drug-likeness (QED) is 0.729. The predicted molar refractivity (Wildman–Crippen MR) is 48.9 cm³/mol. The molecule has 1 rings (SSSR count). The van der Waals surface area contributed by atoms with E-state index < -0.39 is 15.2 Å². The first-order valence-electron chi connectivity index (χ1n) is 3.73. The zero-order valence-electron chi connectivity index (χ0n) is 7.14. The zero-order valence-corrected chi connectivity index (χ0v) is 7.95. The van der Waals surface area contributed by atoms with Gasteiger partial charge in [-0.1, -0.05) is 12.1 Å². The molecule has 0 saturated carbocycles. The van der Waals surface area contributed by atoms with Crippen molar-refractivity contribution in [3.05, 3.63) is 24.3 Å². The van der Waals surface area contributed by atoms with Crippen LogP contribution in [-0.4, -0.2) is 18.9 Å². The van der Waals surface area contributed by atoms with E-state index >= 15 is 0 Å². The number of nitrogens with two attached hydrogens (primary N) is 1. The summed E-state index contributed by atoms with van der Waals surface area (Å²) in [7, 11) is -3.58. The third-order valence-corrected chi connectivity index (χ3v) is 3.60. The lowest BCUT2D eigenvalue weighted by molar-refractivity contribution is 0.458. The van der Waals surface area contributed by atoms with Crippen LogP contribution in [0.4, 0.5) is 0 Å². The second-order valence-electron chi connectivity index (χ2n) is 2.72. The number of phenols is 1. The summed E-state index contributed by atoms with van der Waals surface area (Å²) >= 11 is 0. The van der Waals surface area contributed by atoms with Crippen molar-refractivity contribution >= 4 is 9.84 Å². The Labute approximate surface area is 76.9 Å². The Morgan fingerprint density at radius 3 is 2.38 bits per heavy atom. The summed E-state index contributed by atoms with van der Waals surface area (Å²) in [5.41, 5.74) is 5.27. The van der Waals surface area contributed by atoms with Gasteiger partial charge in [0, 0.05) is 0 Å². The van der Waals surface area contributed by atoms with Crippen molar-refractivity contribution < 1.29 is 13.5 Å². The number of benzene rings is 1. The highest BCUT2D eigenvalue weighted by molar-refractivity contribution is 7.92. The van der Waals surface area contributed by atoms with Gasteiger partial charge in [0.1, 0.15) is 16.0 Å². The van der Waals surface area contributed by atoms with Crippen molar-refractivity contribution in [2.75, 3.05) is 0 Å². The molecular formula is C8H11NO3S. The topological polar surface area (TPSA) is 80.4 Å². The third-order valence-electron chi connectivity index (χ3n) is 1.66. The molecule has 0 amide bonds. The van der Waals surface area contributed by atoms with E-state index in [9.17, 15) is 13.5 Å². The SMILES string of the molecule is CC(N)S(=O)(=O)c1ccccc1O. The second kappa shape index (κ2) is 3.35. The van der Waals surface area contributed by atoms with Crippen LogP contribution in [0.2, 0.25) is 0 Å². The molecule has 3 N–H and O–H groups in total. The molecule has 0 heterocycles. The van der Waals surface area contributed by atoms with Gasteiger partial charge < -0.3 is 10.8 Å². The van der Waals surface area contributed by atoms with Crippen LogP contribution >= 0.6 is 0 Å². The molecular weight excluding hydrogens is 190 g/mol. The van der Waals surface area contributed by atoms with E-state index in [2.05, 4.69) is 0 Å². The van der Waals surface area contributed by atoms with Crippen molar-refractivity contribution in [3.8, 4) is 5.75 Å². The van der Waals surface area contributed by atoms with Crippen LogP contribution in [0.25, 0.3) is 0 Å². The molecule has 5 heteroatoms. The van der Waals surface area contributed by atoms with E-state index in [1.807, 2.05) is 0 Å². The Morgan fingerprint density at radius 1 is 1.38 bits per heavy atom. The molecule has 0 saturated heterocycles. The fourth-order valence-corrected chi connectivity index (χ4v) is 1.93. The van der Waals surface area contributed by atoms with E-state index in [0.29, 0.717) is 0 Å². The molecule has 1 unspecified atom stereocenters. The number of phenolic OH excluding ortho intramolecular Hbond substituents is 1. The van der Waals surface area contributed by atoms with Crippen LogP contribution in [0.3, 0.4) is 0 Å². The van der Waals surface area contributed by atoms with Crippen molar-refractivity contribution in [1.29, 1.82) is 0 Å². The van der Waals surface area contributed by atoms with Crippen LogP contribution in [-0.2, 0) is 9.84 Å². The molecule has 0 aliphatic carbocycles. The first-order valence-corrected chi connectivity index (χ1v) is 5.28. The van der Waals surface area contributed by atoms with Gasteiger partial charge in [0.2, 0.25) is 0 Å². The van der Waals surface area contributed by atoms with Gasteiger partial charge in [0.25, 0.3) is 0 Å². The van der Waals surface area contributed by atoms with Crippen LogP contribution < -0.4 is 5.73 Å². The minimum absolute atomic E-state index is 0.120. The lowest BCUT2D eigenvalue weighted by Crippen LogP contribution is -2.26. The fourth-order valence-electron chi connectivity index (χ4n) is 0.898. The Bertz CT molecular complexity index is 398. The van der Waals surface area contributed by atoms with Gasteiger partial charge in [-0.05, 0) is 19.1 Å². The average Bonchev–Trinajstić information content (AvgIpc) is 2.04. The number of rotatable bonds is 2. The Hall–Kier alpha value is -1.07. The van der Waals surface area contributed by atoms with Crippen molar-refractivity contribution in [2.45, 2.75) is 17.2 Å². The molecule has 0 spiro atoms. The van der Waals surface area contributed by atoms with Gasteiger partial charge in [-0.15, -0.1) is 0 Å². The molecule has 1 aromatic rings. The van der Waals surface area contributed by atoms with Crippen LogP contribution in [0.5, 0.6) is 5.75 Å². The Morgan fingerprint density at radius 2 is 1.92 bits per heavy atom. The van der Waals surface area contributed by atoms with Gasteiger partial charge >= 0.3 is 0 Å². The summed E-state index contributed by atoms with van der Waals surface area (Å²) in [6, 6.07) is 5.73. The first-order chi connectivity index (χ1) is 5.96. The van der Waals surface area contributed by atoms with Crippen LogP contribution in [0.15, 0.2) is 29.2 Å². The summed E-state index contributed by atoms with van der Waals surface area (Å²) < 4.78 is 22.9. The van der Waals surface area contributed by atoms with Gasteiger partial charge in [-0.3, -0.25) is 0 Å². The normalized spacial score (nSPS) is 14.0. The molecule has 4 nitrogen and oxygen atoms in total.